The molecule has 1 aromatic heterocycles. The van der Waals surface area contributed by atoms with Gasteiger partial charge in [-0.25, -0.2) is 4.98 Å². The first kappa shape index (κ1) is 13.8. The van der Waals surface area contributed by atoms with Crippen LogP contribution in [0.2, 0.25) is 0 Å². The minimum absolute atomic E-state index is 0.225. The van der Waals surface area contributed by atoms with Gasteiger partial charge in [0.25, 0.3) is 0 Å². The van der Waals surface area contributed by atoms with Crippen molar-refractivity contribution in [3.05, 3.63) is 52.0 Å². The molecule has 1 atom stereocenters. The minimum Gasteiger partial charge on any atom is -0.316 e. The van der Waals surface area contributed by atoms with Crippen molar-refractivity contribution in [2.75, 3.05) is 13.1 Å². The average Bonchev–Trinajstić information content (AvgIpc) is 2.98. The first-order valence-corrected chi connectivity index (χ1v) is 8.39. The van der Waals surface area contributed by atoms with Crippen molar-refractivity contribution in [1.29, 1.82) is 0 Å². The molecule has 0 amide bonds. The van der Waals surface area contributed by atoms with Crippen LogP contribution in [0.1, 0.15) is 35.9 Å². The molecule has 1 aromatic carbocycles. The lowest BCUT2D eigenvalue weighted by Crippen LogP contribution is -2.42. The highest BCUT2D eigenvalue weighted by Crippen LogP contribution is 2.40. The van der Waals surface area contributed by atoms with E-state index >= 15 is 0 Å². The molecule has 0 bridgehead atoms. The number of nitrogens with one attached hydrogen (secondary N) is 1. The molecule has 2 nitrogen and oxygen atoms in total. The van der Waals surface area contributed by atoms with Gasteiger partial charge in [-0.1, -0.05) is 31.2 Å². The fourth-order valence-corrected chi connectivity index (χ4v) is 4.19. The predicted octanol–water partition coefficient (Wildman–Crippen LogP) is 3.57. The third-order valence-corrected chi connectivity index (χ3v) is 5.16. The summed E-state index contributed by atoms with van der Waals surface area (Å²) in [5, 5.41) is 6.94. The molecule has 0 aliphatic heterocycles. The SMILES string of the molecule is CCNCC1(Cc2nccs2)CCCc2ccccc21. The molecule has 2 aromatic rings. The number of aryl methyl sites for hydroxylation is 1. The van der Waals surface area contributed by atoms with E-state index < -0.39 is 0 Å². The maximum atomic E-state index is 4.53. The average molecular weight is 286 g/mol. The smallest absolute Gasteiger partial charge is 0.0934 e. The van der Waals surface area contributed by atoms with Crippen LogP contribution in [0.15, 0.2) is 35.8 Å². The largest absolute Gasteiger partial charge is 0.316 e. The summed E-state index contributed by atoms with van der Waals surface area (Å²) in [5.74, 6) is 0. The van der Waals surface area contributed by atoms with E-state index in [-0.39, 0.29) is 5.41 Å². The van der Waals surface area contributed by atoms with E-state index in [0.29, 0.717) is 0 Å². The summed E-state index contributed by atoms with van der Waals surface area (Å²) >= 11 is 1.78. The van der Waals surface area contributed by atoms with Crippen molar-refractivity contribution in [2.24, 2.45) is 0 Å². The molecule has 0 radical (unpaired) electrons. The molecule has 106 valence electrons. The van der Waals surface area contributed by atoms with Gasteiger partial charge in [-0.05, 0) is 36.9 Å². The fraction of sp³-hybridized carbons (Fsp3) is 0.471. The van der Waals surface area contributed by atoms with E-state index in [9.17, 15) is 0 Å². The molecule has 1 unspecified atom stereocenters. The lowest BCUT2D eigenvalue weighted by atomic mass is 9.68. The topological polar surface area (TPSA) is 24.9 Å². The van der Waals surface area contributed by atoms with Gasteiger partial charge in [-0.3, -0.25) is 0 Å². The highest BCUT2D eigenvalue weighted by molar-refractivity contribution is 7.09. The van der Waals surface area contributed by atoms with Crippen molar-refractivity contribution in [2.45, 2.75) is 38.0 Å². The van der Waals surface area contributed by atoms with E-state index in [2.05, 4.69) is 46.9 Å². The molecular formula is C17H22N2S. The first-order valence-electron chi connectivity index (χ1n) is 7.51. The summed E-state index contributed by atoms with van der Waals surface area (Å²) in [6.45, 7) is 4.27. The number of benzene rings is 1. The summed E-state index contributed by atoms with van der Waals surface area (Å²) in [4.78, 5) is 4.53. The van der Waals surface area contributed by atoms with Crippen LogP contribution in [0.3, 0.4) is 0 Å². The zero-order chi connectivity index (χ0) is 13.8. The summed E-state index contributed by atoms with van der Waals surface area (Å²) in [6, 6.07) is 8.99. The number of likely N-dealkylation sites (N-methyl/N-ethyl adjacent to an activating group) is 1. The normalized spacial score (nSPS) is 21.6. The molecule has 3 heteroatoms. The van der Waals surface area contributed by atoms with Gasteiger partial charge in [-0.2, -0.15) is 0 Å². The van der Waals surface area contributed by atoms with Gasteiger partial charge in [0, 0.05) is 30.0 Å². The Balaban J connectivity index is 1.98. The van der Waals surface area contributed by atoms with Gasteiger partial charge in [0.05, 0.1) is 5.01 Å². The quantitative estimate of drug-likeness (QED) is 0.909. The third-order valence-electron chi connectivity index (χ3n) is 4.38. The summed E-state index contributed by atoms with van der Waals surface area (Å²) < 4.78 is 0. The molecule has 1 heterocycles. The van der Waals surface area contributed by atoms with Crippen molar-refractivity contribution in [1.82, 2.24) is 10.3 Å². The predicted molar refractivity (Wildman–Crippen MR) is 85.4 cm³/mol. The van der Waals surface area contributed by atoms with E-state index in [4.69, 9.17) is 0 Å². The Kier molecular flexibility index (Phi) is 4.18. The van der Waals surface area contributed by atoms with Gasteiger partial charge in [0.2, 0.25) is 0 Å². The van der Waals surface area contributed by atoms with E-state index in [0.717, 1.165) is 19.5 Å². The van der Waals surface area contributed by atoms with E-state index in [1.54, 1.807) is 16.9 Å². The maximum absolute atomic E-state index is 4.53. The van der Waals surface area contributed by atoms with Crippen molar-refractivity contribution >= 4 is 11.3 Å². The maximum Gasteiger partial charge on any atom is 0.0934 e. The lowest BCUT2D eigenvalue weighted by Gasteiger charge is -2.39. The number of aromatic nitrogens is 1. The minimum atomic E-state index is 0.225. The number of thiazole rings is 1. The van der Waals surface area contributed by atoms with Gasteiger partial charge in [0.15, 0.2) is 0 Å². The van der Waals surface area contributed by atoms with E-state index in [1.165, 1.54) is 29.8 Å². The summed E-state index contributed by atoms with van der Waals surface area (Å²) in [5.41, 5.74) is 3.30. The van der Waals surface area contributed by atoms with Crippen molar-refractivity contribution in [3.8, 4) is 0 Å². The number of nitrogens with zero attached hydrogens (tertiary/aromatic N) is 1. The molecule has 1 aliphatic carbocycles. The van der Waals surface area contributed by atoms with E-state index in [1.807, 2.05) is 6.20 Å². The Labute approximate surface area is 125 Å². The molecule has 0 saturated carbocycles. The molecule has 0 saturated heterocycles. The third kappa shape index (κ3) is 2.65. The molecular weight excluding hydrogens is 264 g/mol. The Bertz CT molecular complexity index is 550. The summed E-state index contributed by atoms with van der Waals surface area (Å²) in [6.07, 6.45) is 6.76. The van der Waals surface area contributed by atoms with Crippen LogP contribution in [-0.2, 0) is 18.3 Å². The Morgan fingerprint density at radius 3 is 3.05 bits per heavy atom. The van der Waals surface area contributed by atoms with Crippen LogP contribution in [0.4, 0.5) is 0 Å². The number of rotatable bonds is 5. The van der Waals surface area contributed by atoms with Gasteiger partial charge >= 0.3 is 0 Å². The molecule has 3 rings (SSSR count). The second-order valence-corrected chi connectivity index (χ2v) is 6.65. The number of fused-ring (bicyclic) bond motifs is 1. The molecule has 20 heavy (non-hydrogen) atoms. The second-order valence-electron chi connectivity index (χ2n) is 5.67. The fourth-order valence-electron chi connectivity index (χ4n) is 3.43. The van der Waals surface area contributed by atoms with Crippen LogP contribution in [-0.4, -0.2) is 18.1 Å². The van der Waals surface area contributed by atoms with Crippen LogP contribution < -0.4 is 5.32 Å². The van der Waals surface area contributed by atoms with Crippen molar-refractivity contribution in [3.63, 3.8) is 0 Å². The standard InChI is InChI=1S/C17H22N2S/c1-2-18-13-17(12-16-19-10-11-20-16)9-5-7-14-6-3-4-8-15(14)17/h3-4,6,8,10-11,18H,2,5,7,9,12-13H2,1H3. The van der Waals surface area contributed by atoms with Gasteiger partial charge in [0.1, 0.15) is 0 Å². The van der Waals surface area contributed by atoms with Crippen LogP contribution in [0.25, 0.3) is 0 Å². The molecule has 0 fully saturated rings. The number of hydrogen-bond acceptors (Lipinski definition) is 3. The van der Waals surface area contributed by atoms with Gasteiger partial charge < -0.3 is 5.32 Å². The second kappa shape index (κ2) is 6.06. The first-order chi connectivity index (χ1) is 9.84. The van der Waals surface area contributed by atoms with Gasteiger partial charge in [-0.15, -0.1) is 11.3 Å². The Hall–Kier alpha value is -1.19. The zero-order valence-electron chi connectivity index (χ0n) is 12.1. The Morgan fingerprint density at radius 2 is 2.25 bits per heavy atom. The monoisotopic (exact) mass is 286 g/mol. The van der Waals surface area contributed by atoms with Crippen LogP contribution in [0, 0.1) is 0 Å². The molecule has 0 spiro atoms. The highest BCUT2D eigenvalue weighted by Gasteiger charge is 2.36. The number of hydrogen-bond donors (Lipinski definition) is 1. The van der Waals surface area contributed by atoms with Crippen LogP contribution >= 0.6 is 11.3 Å². The zero-order valence-corrected chi connectivity index (χ0v) is 12.9. The van der Waals surface area contributed by atoms with Crippen LogP contribution in [0.5, 0.6) is 0 Å². The molecule has 1 aliphatic rings. The molecule has 1 N–H and O–H groups in total. The lowest BCUT2D eigenvalue weighted by molar-refractivity contribution is 0.338. The Morgan fingerprint density at radius 1 is 1.35 bits per heavy atom. The van der Waals surface area contributed by atoms with Crippen molar-refractivity contribution < 1.29 is 0 Å². The highest BCUT2D eigenvalue weighted by atomic mass is 32.1. The summed E-state index contributed by atoms with van der Waals surface area (Å²) in [7, 11) is 0.